The Kier molecular flexibility index (Phi) is 11.7. The van der Waals surface area contributed by atoms with Gasteiger partial charge in [0.25, 0.3) is 0 Å². The van der Waals surface area contributed by atoms with E-state index in [-0.39, 0.29) is 35.9 Å². The summed E-state index contributed by atoms with van der Waals surface area (Å²) in [5.74, 6) is 3.09. The van der Waals surface area contributed by atoms with Gasteiger partial charge in [0.05, 0.1) is 21.3 Å². The minimum Gasteiger partial charge on any atom is -0.496 e. The van der Waals surface area contributed by atoms with Crippen LogP contribution in [0.1, 0.15) is 32.3 Å². The van der Waals surface area contributed by atoms with Crippen molar-refractivity contribution in [3.05, 3.63) is 17.7 Å². The summed E-state index contributed by atoms with van der Waals surface area (Å²) >= 11 is 0. The molecule has 8 nitrogen and oxygen atoms in total. The SMILES string of the molecule is CCNC(=NCCc1c(OC)cc(OC)cc1OC)NC1CCN(C(=O)CC)C1.I. The Hall–Kier alpha value is -1.91. The fraction of sp³-hybridized carbons (Fsp3) is 0.619. The number of guanidine groups is 1. The smallest absolute Gasteiger partial charge is 0.222 e. The molecule has 1 aliphatic heterocycles. The molecule has 1 amide bonds. The van der Waals surface area contributed by atoms with Crippen LogP contribution in [0.5, 0.6) is 17.2 Å². The Bertz CT molecular complexity index is 689. The Morgan fingerprint density at radius 1 is 1.17 bits per heavy atom. The lowest BCUT2D eigenvalue weighted by molar-refractivity contribution is -0.129. The zero-order valence-corrected chi connectivity index (χ0v) is 20.9. The highest BCUT2D eigenvalue weighted by Crippen LogP contribution is 2.34. The Morgan fingerprint density at radius 2 is 1.83 bits per heavy atom. The van der Waals surface area contributed by atoms with Gasteiger partial charge in [0.2, 0.25) is 5.91 Å². The Labute approximate surface area is 196 Å². The third-order valence-corrected chi connectivity index (χ3v) is 4.98. The second kappa shape index (κ2) is 13.4. The zero-order chi connectivity index (χ0) is 21.2. The average molecular weight is 534 g/mol. The molecule has 2 rings (SSSR count). The van der Waals surface area contributed by atoms with Crippen molar-refractivity contribution in [1.29, 1.82) is 0 Å². The van der Waals surface area contributed by atoms with Gasteiger partial charge in [-0.05, 0) is 19.8 Å². The molecule has 0 aromatic heterocycles. The lowest BCUT2D eigenvalue weighted by atomic mass is 10.1. The molecule has 1 saturated heterocycles. The second-order valence-electron chi connectivity index (χ2n) is 6.84. The van der Waals surface area contributed by atoms with E-state index in [1.54, 1.807) is 21.3 Å². The standard InChI is InChI=1S/C21H34N4O4.HI/c1-6-20(26)25-11-9-15(14-25)24-21(22-7-2)23-10-8-17-18(28-4)12-16(27-3)13-19(17)29-5;/h12-13,15H,6-11,14H2,1-5H3,(H2,22,23,24);1H. The van der Waals surface area contributed by atoms with Crippen molar-refractivity contribution in [2.75, 3.05) is 47.5 Å². The molecule has 170 valence electrons. The fourth-order valence-electron chi connectivity index (χ4n) is 3.45. The number of carbonyl (C=O) groups is 1. The molecule has 0 aliphatic carbocycles. The molecule has 1 unspecified atom stereocenters. The number of likely N-dealkylation sites (tertiary alicyclic amines) is 1. The van der Waals surface area contributed by atoms with Crippen LogP contribution in [-0.2, 0) is 11.2 Å². The van der Waals surface area contributed by atoms with Gasteiger partial charge in [-0.15, -0.1) is 24.0 Å². The van der Waals surface area contributed by atoms with Crippen molar-refractivity contribution in [1.82, 2.24) is 15.5 Å². The molecule has 1 atom stereocenters. The number of ether oxygens (including phenoxy) is 3. The van der Waals surface area contributed by atoms with Crippen molar-refractivity contribution >= 4 is 35.8 Å². The number of aliphatic imine (C=N–C) groups is 1. The summed E-state index contributed by atoms with van der Waals surface area (Å²) in [6, 6.07) is 3.92. The lowest BCUT2D eigenvalue weighted by Crippen LogP contribution is -2.45. The van der Waals surface area contributed by atoms with Crippen molar-refractivity contribution < 1.29 is 19.0 Å². The summed E-state index contributed by atoms with van der Waals surface area (Å²) in [7, 11) is 4.89. The van der Waals surface area contributed by atoms with Crippen LogP contribution in [0.25, 0.3) is 0 Å². The quantitative estimate of drug-likeness (QED) is 0.288. The number of nitrogens with zero attached hydrogens (tertiary/aromatic N) is 2. The van der Waals surface area contributed by atoms with Gasteiger partial charge in [0, 0.05) is 56.3 Å². The fourth-order valence-corrected chi connectivity index (χ4v) is 3.45. The molecule has 1 aromatic carbocycles. The first-order chi connectivity index (χ1) is 14.1. The van der Waals surface area contributed by atoms with Crippen LogP contribution >= 0.6 is 24.0 Å². The average Bonchev–Trinajstić information content (AvgIpc) is 3.21. The highest BCUT2D eigenvalue weighted by atomic mass is 127. The number of rotatable bonds is 9. The first-order valence-electron chi connectivity index (χ1n) is 10.2. The molecule has 1 aromatic rings. The summed E-state index contributed by atoms with van der Waals surface area (Å²) < 4.78 is 16.3. The minimum absolute atomic E-state index is 0. The van der Waals surface area contributed by atoms with Gasteiger partial charge >= 0.3 is 0 Å². The van der Waals surface area contributed by atoms with Crippen molar-refractivity contribution in [3.8, 4) is 17.2 Å². The molecule has 9 heteroatoms. The van der Waals surface area contributed by atoms with Gasteiger partial charge in [-0.3, -0.25) is 9.79 Å². The van der Waals surface area contributed by atoms with Crippen LogP contribution in [0.2, 0.25) is 0 Å². The molecule has 1 heterocycles. The van der Waals surface area contributed by atoms with E-state index in [2.05, 4.69) is 10.6 Å². The predicted molar refractivity (Wildman–Crippen MR) is 130 cm³/mol. The van der Waals surface area contributed by atoms with Gasteiger partial charge < -0.3 is 29.7 Å². The maximum atomic E-state index is 11.9. The van der Waals surface area contributed by atoms with E-state index < -0.39 is 0 Å². The molecular weight excluding hydrogens is 499 g/mol. The van der Waals surface area contributed by atoms with Gasteiger partial charge in [-0.1, -0.05) is 6.92 Å². The molecule has 1 fully saturated rings. The number of hydrogen-bond donors (Lipinski definition) is 2. The highest BCUT2D eigenvalue weighted by molar-refractivity contribution is 14.0. The number of amides is 1. The number of halogens is 1. The topological polar surface area (TPSA) is 84.4 Å². The maximum absolute atomic E-state index is 11.9. The van der Waals surface area contributed by atoms with Crippen LogP contribution in [0, 0.1) is 0 Å². The van der Waals surface area contributed by atoms with Gasteiger partial charge in [0.1, 0.15) is 17.2 Å². The number of benzene rings is 1. The van der Waals surface area contributed by atoms with E-state index >= 15 is 0 Å². The van der Waals surface area contributed by atoms with Crippen LogP contribution < -0.4 is 24.8 Å². The van der Waals surface area contributed by atoms with Crippen molar-refractivity contribution in [2.24, 2.45) is 4.99 Å². The highest BCUT2D eigenvalue weighted by Gasteiger charge is 2.25. The number of carbonyl (C=O) groups excluding carboxylic acids is 1. The van der Waals surface area contributed by atoms with E-state index in [4.69, 9.17) is 19.2 Å². The number of methoxy groups -OCH3 is 3. The molecule has 0 saturated carbocycles. The van der Waals surface area contributed by atoms with Crippen molar-refractivity contribution in [2.45, 2.75) is 39.2 Å². The van der Waals surface area contributed by atoms with E-state index in [0.29, 0.717) is 25.1 Å². The van der Waals surface area contributed by atoms with E-state index in [0.717, 1.165) is 49.1 Å². The summed E-state index contributed by atoms with van der Waals surface area (Å²) in [5.41, 5.74) is 0.955. The maximum Gasteiger partial charge on any atom is 0.222 e. The third kappa shape index (κ3) is 7.10. The van der Waals surface area contributed by atoms with E-state index in [9.17, 15) is 4.79 Å². The number of hydrogen-bond acceptors (Lipinski definition) is 5. The molecule has 0 radical (unpaired) electrons. The largest absolute Gasteiger partial charge is 0.496 e. The predicted octanol–water partition coefficient (Wildman–Crippen LogP) is 2.44. The minimum atomic E-state index is 0. The molecule has 0 spiro atoms. The van der Waals surface area contributed by atoms with Gasteiger partial charge in [-0.2, -0.15) is 0 Å². The monoisotopic (exact) mass is 534 g/mol. The first kappa shape index (κ1) is 26.1. The summed E-state index contributed by atoms with van der Waals surface area (Å²) in [5, 5.41) is 6.73. The summed E-state index contributed by atoms with van der Waals surface area (Å²) in [6.45, 7) is 6.79. The molecule has 30 heavy (non-hydrogen) atoms. The summed E-state index contributed by atoms with van der Waals surface area (Å²) in [6.07, 6.45) is 2.14. The molecular formula is C21H35IN4O4. The Morgan fingerprint density at radius 3 is 2.37 bits per heavy atom. The molecule has 1 aliphatic rings. The van der Waals surface area contributed by atoms with E-state index in [1.807, 2.05) is 30.9 Å². The summed E-state index contributed by atoms with van der Waals surface area (Å²) in [4.78, 5) is 18.5. The molecule has 0 bridgehead atoms. The Balaban J connectivity index is 0.00000450. The zero-order valence-electron chi connectivity index (χ0n) is 18.6. The van der Waals surface area contributed by atoms with E-state index in [1.165, 1.54) is 0 Å². The van der Waals surface area contributed by atoms with Crippen LogP contribution in [0.3, 0.4) is 0 Å². The van der Waals surface area contributed by atoms with Gasteiger partial charge in [-0.25, -0.2) is 0 Å². The van der Waals surface area contributed by atoms with Crippen LogP contribution in [-0.4, -0.2) is 70.3 Å². The lowest BCUT2D eigenvalue weighted by Gasteiger charge is -2.19. The van der Waals surface area contributed by atoms with Crippen LogP contribution in [0.4, 0.5) is 0 Å². The first-order valence-corrected chi connectivity index (χ1v) is 10.2. The number of nitrogens with one attached hydrogen (secondary N) is 2. The second-order valence-corrected chi connectivity index (χ2v) is 6.84. The third-order valence-electron chi connectivity index (χ3n) is 4.98. The normalized spacial score (nSPS) is 16.0. The van der Waals surface area contributed by atoms with Crippen molar-refractivity contribution in [3.63, 3.8) is 0 Å². The van der Waals surface area contributed by atoms with Crippen LogP contribution in [0.15, 0.2) is 17.1 Å². The molecule has 2 N–H and O–H groups in total. The van der Waals surface area contributed by atoms with Gasteiger partial charge in [0.15, 0.2) is 5.96 Å².